The Labute approximate surface area is 142 Å². The number of rotatable bonds is 6. The summed E-state index contributed by atoms with van der Waals surface area (Å²) in [5.74, 6) is -0.227. The number of hydrogen-bond donors (Lipinski definition) is 1. The highest BCUT2D eigenvalue weighted by Crippen LogP contribution is 2.22. The molecule has 0 aliphatic rings. The van der Waals surface area contributed by atoms with Crippen LogP contribution in [0, 0.1) is 0 Å². The lowest BCUT2D eigenvalue weighted by Crippen LogP contribution is -2.16. The van der Waals surface area contributed by atoms with E-state index in [0.717, 1.165) is 15.8 Å². The van der Waals surface area contributed by atoms with Crippen molar-refractivity contribution in [1.29, 1.82) is 0 Å². The predicted octanol–water partition coefficient (Wildman–Crippen LogP) is 3.68. The maximum absolute atomic E-state index is 12.1. The van der Waals surface area contributed by atoms with Crippen LogP contribution in [0.5, 0.6) is 5.75 Å². The van der Waals surface area contributed by atoms with E-state index < -0.39 is 5.97 Å². The minimum atomic E-state index is -0.813. The van der Waals surface area contributed by atoms with E-state index in [1.165, 1.54) is 11.3 Å². The topological polar surface area (TPSA) is 68.5 Å². The van der Waals surface area contributed by atoms with Gasteiger partial charge < -0.3 is 9.84 Å². The summed E-state index contributed by atoms with van der Waals surface area (Å²) in [7, 11) is 0. The molecule has 3 aromatic rings. The first-order chi connectivity index (χ1) is 11.5. The molecule has 5 nitrogen and oxygen atoms in total. The van der Waals surface area contributed by atoms with Crippen molar-refractivity contribution in [1.82, 2.24) is 4.57 Å². The second-order valence-corrected chi connectivity index (χ2v) is 6.60. The fraction of sp³-hybridized carbons (Fsp3) is 0.222. The Morgan fingerprint density at radius 3 is 2.62 bits per heavy atom. The van der Waals surface area contributed by atoms with Crippen molar-refractivity contribution in [2.24, 2.45) is 0 Å². The predicted molar refractivity (Wildman–Crippen MR) is 93.8 cm³/mol. The van der Waals surface area contributed by atoms with Crippen LogP contribution in [0.15, 0.2) is 53.3 Å². The molecule has 24 heavy (non-hydrogen) atoms. The molecule has 1 atom stereocenters. The number of aromatic nitrogens is 1. The first kappa shape index (κ1) is 16.3. The summed E-state index contributed by atoms with van der Waals surface area (Å²) < 4.78 is 8.24. The van der Waals surface area contributed by atoms with Gasteiger partial charge in [0.15, 0.2) is 6.73 Å². The number of carboxylic acid groups (broad SMARTS) is 1. The molecule has 0 aliphatic heterocycles. The van der Waals surface area contributed by atoms with Gasteiger partial charge in [0.05, 0.1) is 16.6 Å². The van der Waals surface area contributed by atoms with Crippen molar-refractivity contribution in [2.45, 2.75) is 26.0 Å². The Bertz CT molecular complexity index is 911. The average molecular weight is 343 g/mol. The fourth-order valence-corrected chi connectivity index (χ4v) is 3.43. The van der Waals surface area contributed by atoms with Gasteiger partial charge in [-0.2, -0.15) is 0 Å². The van der Waals surface area contributed by atoms with Crippen LogP contribution in [-0.2, 0) is 11.5 Å². The number of carboxylic acids is 1. The zero-order valence-electron chi connectivity index (χ0n) is 13.1. The van der Waals surface area contributed by atoms with E-state index >= 15 is 0 Å². The molecule has 2 aromatic carbocycles. The minimum Gasteiger partial charge on any atom is -0.481 e. The van der Waals surface area contributed by atoms with Crippen LogP contribution in [-0.4, -0.2) is 15.6 Å². The van der Waals surface area contributed by atoms with E-state index in [1.807, 2.05) is 43.3 Å². The van der Waals surface area contributed by atoms with Crippen LogP contribution >= 0.6 is 11.3 Å². The summed E-state index contributed by atoms with van der Waals surface area (Å²) in [5.41, 5.74) is 1.81. The van der Waals surface area contributed by atoms with E-state index in [-0.39, 0.29) is 23.9 Å². The molecule has 6 heteroatoms. The molecule has 0 amide bonds. The molecule has 1 aromatic heterocycles. The zero-order valence-corrected chi connectivity index (χ0v) is 14.0. The van der Waals surface area contributed by atoms with Gasteiger partial charge in [-0.3, -0.25) is 14.2 Å². The molecule has 124 valence electrons. The third-order valence-electron chi connectivity index (χ3n) is 3.86. The molecule has 0 radical (unpaired) electrons. The summed E-state index contributed by atoms with van der Waals surface area (Å²) >= 11 is 1.20. The minimum absolute atomic E-state index is 0.0529. The molecule has 0 bridgehead atoms. The molecule has 0 fully saturated rings. The SMILES string of the molecule is CC(CC(=O)O)c1ccc(OCn2c(=O)sc3ccccc32)cc1. The number of benzene rings is 2. The second-order valence-electron chi connectivity index (χ2n) is 5.61. The highest BCUT2D eigenvalue weighted by atomic mass is 32.1. The van der Waals surface area contributed by atoms with E-state index in [0.29, 0.717) is 5.75 Å². The molecule has 0 aliphatic carbocycles. The first-order valence-electron chi connectivity index (χ1n) is 7.57. The molecule has 1 unspecified atom stereocenters. The van der Waals surface area contributed by atoms with E-state index in [9.17, 15) is 9.59 Å². The van der Waals surface area contributed by atoms with Gasteiger partial charge >= 0.3 is 10.8 Å². The van der Waals surface area contributed by atoms with Crippen molar-refractivity contribution < 1.29 is 14.6 Å². The summed E-state index contributed by atoms with van der Waals surface area (Å²) in [6, 6.07) is 14.9. The van der Waals surface area contributed by atoms with Crippen molar-refractivity contribution in [3.8, 4) is 5.75 Å². The highest BCUT2D eigenvalue weighted by molar-refractivity contribution is 7.16. The monoisotopic (exact) mass is 343 g/mol. The Balaban J connectivity index is 1.71. The number of aliphatic carboxylic acids is 1. The van der Waals surface area contributed by atoms with Gasteiger partial charge in [0.1, 0.15) is 5.75 Å². The largest absolute Gasteiger partial charge is 0.481 e. The molecule has 0 saturated carbocycles. The van der Waals surface area contributed by atoms with Crippen molar-refractivity contribution in [3.05, 3.63) is 63.8 Å². The Kier molecular flexibility index (Phi) is 4.66. The summed E-state index contributed by atoms with van der Waals surface area (Å²) in [6.45, 7) is 2.02. The zero-order chi connectivity index (χ0) is 17.1. The highest BCUT2D eigenvalue weighted by Gasteiger charge is 2.11. The van der Waals surface area contributed by atoms with Gasteiger partial charge in [-0.25, -0.2) is 0 Å². The Hall–Kier alpha value is -2.60. The standard InChI is InChI=1S/C18H17NO4S/c1-12(10-17(20)21)13-6-8-14(9-7-13)23-11-19-15-4-2-3-5-16(15)24-18(19)22/h2-9,12H,10-11H2,1H3,(H,20,21). The van der Waals surface area contributed by atoms with Gasteiger partial charge in [0.2, 0.25) is 0 Å². The summed E-state index contributed by atoms with van der Waals surface area (Å²) in [6.07, 6.45) is 0.0937. The summed E-state index contributed by atoms with van der Waals surface area (Å²) in [4.78, 5) is 22.8. The normalized spacial score (nSPS) is 12.2. The molecular weight excluding hydrogens is 326 g/mol. The number of fused-ring (bicyclic) bond motifs is 1. The molecule has 1 heterocycles. The van der Waals surface area contributed by atoms with Crippen LogP contribution in [0.3, 0.4) is 0 Å². The van der Waals surface area contributed by atoms with E-state index in [2.05, 4.69) is 0 Å². The van der Waals surface area contributed by atoms with Gasteiger partial charge in [0, 0.05) is 0 Å². The van der Waals surface area contributed by atoms with Gasteiger partial charge in [0.25, 0.3) is 0 Å². The molecule has 0 spiro atoms. The third-order valence-corrected chi connectivity index (χ3v) is 4.82. The van der Waals surface area contributed by atoms with Crippen molar-refractivity contribution in [2.75, 3.05) is 0 Å². The molecule has 3 rings (SSSR count). The van der Waals surface area contributed by atoms with Crippen LogP contribution in [0.4, 0.5) is 0 Å². The molecule has 0 saturated heterocycles. The average Bonchev–Trinajstić information content (AvgIpc) is 2.88. The Morgan fingerprint density at radius 2 is 1.92 bits per heavy atom. The number of thiazole rings is 1. The van der Waals surface area contributed by atoms with Gasteiger partial charge in [-0.05, 0) is 35.7 Å². The fourth-order valence-electron chi connectivity index (χ4n) is 2.55. The number of hydrogen-bond acceptors (Lipinski definition) is 4. The lowest BCUT2D eigenvalue weighted by molar-refractivity contribution is -0.137. The lowest BCUT2D eigenvalue weighted by Gasteiger charge is -2.11. The molecular formula is C18H17NO4S. The summed E-state index contributed by atoms with van der Waals surface area (Å²) in [5, 5.41) is 8.85. The van der Waals surface area contributed by atoms with Gasteiger partial charge in [-0.15, -0.1) is 0 Å². The van der Waals surface area contributed by atoms with Crippen LogP contribution in [0.25, 0.3) is 10.2 Å². The quantitative estimate of drug-likeness (QED) is 0.741. The smallest absolute Gasteiger partial charge is 0.310 e. The molecule has 1 N–H and O–H groups in total. The van der Waals surface area contributed by atoms with Crippen LogP contribution < -0.4 is 9.61 Å². The number of ether oxygens (including phenoxy) is 1. The van der Waals surface area contributed by atoms with Crippen molar-refractivity contribution >= 4 is 27.5 Å². The Morgan fingerprint density at radius 1 is 1.21 bits per heavy atom. The maximum Gasteiger partial charge on any atom is 0.310 e. The first-order valence-corrected chi connectivity index (χ1v) is 8.39. The van der Waals surface area contributed by atoms with Gasteiger partial charge in [-0.1, -0.05) is 42.5 Å². The maximum atomic E-state index is 12.1. The van der Waals surface area contributed by atoms with E-state index in [1.54, 1.807) is 16.7 Å². The third kappa shape index (κ3) is 3.49. The number of nitrogens with zero attached hydrogens (tertiary/aromatic N) is 1. The van der Waals surface area contributed by atoms with Crippen LogP contribution in [0.2, 0.25) is 0 Å². The number of para-hydroxylation sites is 1. The van der Waals surface area contributed by atoms with Crippen molar-refractivity contribution in [3.63, 3.8) is 0 Å². The number of carbonyl (C=O) groups is 1. The van der Waals surface area contributed by atoms with Crippen LogP contribution in [0.1, 0.15) is 24.8 Å². The lowest BCUT2D eigenvalue weighted by atomic mass is 9.98. The van der Waals surface area contributed by atoms with E-state index in [4.69, 9.17) is 9.84 Å². The second kappa shape index (κ2) is 6.88.